The number of amides is 4. The highest BCUT2D eigenvalue weighted by Crippen LogP contribution is 2.24. The lowest BCUT2D eigenvalue weighted by Crippen LogP contribution is -2.53. The van der Waals surface area contributed by atoms with Crippen molar-refractivity contribution in [2.75, 3.05) is 0 Å². The number of rotatable bonds is 4. The minimum Gasteiger partial charge on any atom is -0.493 e. The first-order valence-electron chi connectivity index (χ1n) is 7.40. The number of carbonyl (C=O) groups excluding carboxylic acids is 3. The highest BCUT2D eigenvalue weighted by atomic mass is 35.5. The lowest BCUT2D eigenvalue weighted by molar-refractivity contribution is -0.125. The van der Waals surface area contributed by atoms with E-state index >= 15 is 0 Å². The second-order valence-electron chi connectivity index (χ2n) is 5.58. The lowest BCUT2D eigenvalue weighted by Gasteiger charge is -2.23. The van der Waals surface area contributed by atoms with Crippen LogP contribution in [0.4, 0.5) is 10.5 Å². The number of barbiturate groups is 1. The maximum absolute atomic E-state index is 12.2. The molecule has 1 atom stereocenters. The Hall–Kier alpha value is -2.37. The maximum atomic E-state index is 12.2. The van der Waals surface area contributed by atoms with Crippen LogP contribution in [0.15, 0.2) is 14.6 Å². The van der Waals surface area contributed by atoms with Gasteiger partial charge in [0.1, 0.15) is 0 Å². The summed E-state index contributed by atoms with van der Waals surface area (Å²) in [4.78, 5) is 63.4. The summed E-state index contributed by atoms with van der Waals surface area (Å²) in [6.45, 7) is 3.60. The average molecular weight is 441 g/mol. The van der Waals surface area contributed by atoms with Crippen LogP contribution in [-0.2, 0) is 16.1 Å². The molecule has 0 aromatic carbocycles. The van der Waals surface area contributed by atoms with E-state index in [9.17, 15) is 29.1 Å². The molecule has 1 aliphatic rings. The van der Waals surface area contributed by atoms with Crippen LogP contribution in [0.2, 0.25) is 0 Å². The molecular formula is C13H12Cl3N5O6. The van der Waals surface area contributed by atoms with Gasteiger partial charge >= 0.3 is 29.1 Å². The van der Waals surface area contributed by atoms with Gasteiger partial charge in [0, 0.05) is 41.9 Å². The van der Waals surface area contributed by atoms with Crippen molar-refractivity contribution >= 4 is 64.6 Å². The second kappa shape index (κ2) is 7.71. The Kier molecular flexibility index (Phi) is 5.97. The Morgan fingerprint density at radius 2 is 1.56 bits per heavy atom. The van der Waals surface area contributed by atoms with Crippen LogP contribution >= 0.6 is 35.3 Å². The second-order valence-corrected chi connectivity index (χ2v) is 6.59. The van der Waals surface area contributed by atoms with Crippen LogP contribution in [0.3, 0.4) is 0 Å². The van der Waals surface area contributed by atoms with Gasteiger partial charge in [-0.15, -0.1) is 0 Å². The Morgan fingerprint density at radius 1 is 1.04 bits per heavy atom. The van der Waals surface area contributed by atoms with Gasteiger partial charge in [0.2, 0.25) is 5.88 Å². The summed E-state index contributed by atoms with van der Waals surface area (Å²) in [5, 5.41) is 10.3. The van der Waals surface area contributed by atoms with Crippen LogP contribution in [-0.4, -0.2) is 46.2 Å². The van der Waals surface area contributed by atoms with Crippen LogP contribution in [0.5, 0.6) is 5.88 Å². The zero-order valence-corrected chi connectivity index (χ0v) is 16.1. The molecule has 11 nitrogen and oxygen atoms in total. The smallest absolute Gasteiger partial charge is 0.364 e. The number of halogens is 3. The van der Waals surface area contributed by atoms with Crippen molar-refractivity contribution in [3.63, 3.8) is 0 Å². The Balaban J connectivity index is 2.72. The van der Waals surface area contributed by atoms with E-state index in [1.807, 2.05) is 6.92 Å². The molecule has 0 aliphatic carbocycles. The van der Waals surface area contributed by atoms with Crippen molar-refractivity contribution in [3.8, 4) is 5.88 Å². The fraction of sp³-hybridized carbons (Fsp3) is 0.385. The van der Waals surface area contributed by atoms with Gasteiger partial charge in [-0.2, -0.15) is 12.9 Å². The quantitative estimate of drug-likeness (QED) is 0.692. The van der Waals surface area contributed by atoms with Crippen LogP contribution < -0.4 is 11.2 Å². The molecule has 4 amide bonds. The first-order valence-corrected chi connectivity index (χ1v) is 8.42. The summed E-state index contributed by atoms with van der Waals surface area (Å²) in [7, 11) is 0. The number of aliphatic imine (C=N–C) groups is 1. The van der Waals surface area contributed by atoms with Crippen molar-refractivity contribution < 1.29 is 19.5 Å². The van der Waals surface area contributed by atoms with Crippen molar-refractivity contribution in [1.29, 1.82) is 0 Å². The fourth-order valence-corrected chi connectivity index (χ4v) is 2.56. The molecule has 14 heteroatoms. The van der Waals surface area contributed by atoms with E-state index in [1.165, 1.54) is 0 Å². The van der Waals surface area contributed by atoms with E-state index in [0.717, 1.165) is 4.57 Å². The first-order chi connectivity index (χ1) is 12.5. The third-order valence-corrected chi connectivity index (χ3v) is 4.65. The number of urea groups is 1. The van der Waals surface area contributed by atoms with Crippen molar-refractivity contribution in [2.45, 2.75) is 26.8 Å². The van der Waals surface area contributed by atoms with E-state index in [4.69, 9.17) is 35.3 Å². The highest BCUT2D eigenvalue weighted by Gasteiger charge is 2.43. The Bertz CT molecular complexity index is 958. The van der Waals surface area contributed by atoms with Crippen LogP contribution in [0.1, 0.15) is 20.3 Å². The molecule has 1 N–H and O–H groups in total. The van der Waals surface area contributed by atoms with Gasteiger partial charge < -0.3 is 5.11 Å². The number of imide groups is 2. The summed E-state index contributed by atoms with van der Waals surface area (Å²) in [5.41, 5.74) is -4.21. The summed E-state index contributed by atoms with van der Waals surface area (Å²) < 4.78 is 0.848. The molecule has 1 fully saturated rings. The molecule has 2 rings (SSSR count). The lowest BCUT2D eigenvalue weighted by atomic mass is 10.1. The highest BCUT2D eigenvalue weighted by molar-refractivity contribution is 6.74. The van der Waals surface area contributed by atoms with Crippen LogP contribution in [0.25, 0.3) is 0 Å². The topological polar surface area (TPSA) is 134 Å². The van der Waals surface area contributed by atoms with E-state index < -0.39 is 46.4 Å². The Morgan fingerprint density at radius 3 is 2.04 bits per heavy atom. The molecule has 2 heterocycles. The monoisotopic (exact) mass is 439 g/mol. The average Bonchev–Trinajstić information content (AvgIpc) is 2.65. The van der Waals surface area contributed by atoms with E-state index in [2.05, 4.69) is 4.99 Å². The SMILES string of the molecule is CCC(C)Cn1c(O)c(N=C2C(=O)N(Cl)C(=O)N(Cl)C2=O)c(=O)n(Cl)c1=O. The van der Waals surface area contributed by atoms with Gasteiger partial charge in [0.25, 0.3) is 0 Å². The molecular weight excluding hydrogens is 429 g/mol. The van der Waals surface area contributed by atoms with Gasteiger partial charge in [0.15, 0.2) is 11.4 Å². The molecule has 1 aromatic rings. The van der Waals surface area contributed by atoms with Crippen LogP contribution in [0, 0.1) is 5.92 Å². The molecule has 0 spiro atoms. The zero-order chi connectivity index (χ0) is 20.6. The van der Waals surface area contributed by atoms with Crippen molar-refractivity contribution in [3.05, 3.63) is 20.8 Å². The molecule has 0 saturated carbocycles. The van der Waals surface area contributed by atoms with Crippen molar-refractivity contribution in [2.24, 2.45) is 10.9 Å². The van der Waals surface area contributed by atoms with Gasteiger partial charge in [-0.05, 0) is 5.92 Å². The standard InChI is InChI=1S/C13H12Cl3N5O6/c1-3-5(2)4-18-8(22)6(9(23)19(14)12(18)26)17-7-10(24)20(15)13(27)21(16)11(7)25/h5,22H,3-4H2,1-2H3. The molecule has 0 radical (unpaired) electrons. The van der Waals surface area contributed by atoms with Gasteiger partial charge in [-0.1, -0.05) is 20.3 Å². The minimum atomic E-state index is -1.37. The molecule has 1 unspecified atom stereocenters. The van der Waals surface area contributed by atoms with Gasteiger partial charge in [0.05, 0.1) is 0 Å². The number of nitrogens with zero attached hydrogens (tertiary/aromatic N) is 5. The number of aromatic nitrogens is 2. The normalized spacial score (nSPS) is 16.2. The number of carbonyl (C=O) groups is 3. The number of aromatic hydroxyl groups is 1. The van der Waals surface area contributed by atoms with Crippen molar-refractivity contribution in [1.82, 2.24) is 17.5 Å². The largest absolute Gasteiger partial charge is 0.493 e. The van der Waals surface area contributed by atoms with E-state index in [1.54, 1.807) is 6.92 Å². The first kappa shape index (κ1) is 20.9. The van der Waals surface area contributed by atoms with E-state index in [-0.39, 0.29) is 25.4 Å². The maximum Gasteiger partial charge on any atom is 0.364 e. The van der Waals surface area contributed by atoms with Gasteiger partial charge in [-0.3, -0.25) is 19.0 Å². The van der Waals surface area contributed by atoms with E-state index in [0.29, 0.717) is 6.42 Å². The third-order valence-electron chi connectivity index (χ3n) is 3.76. The summed E-state index contributed by atoms with van der Waals surface area (Å²) in [6.07, 6.45) is 0.638. The molecule has 1 aromatic heterocycles. The van der Waals surface area contributed by atoms with Gasteiger partial charge in [-0.25, -0.2) is 14.6 Å². The number of hydrogen-bond acceptors (Lipinski definition) is 7. The molecule has 27 heavy (non-hydrogen) atoms. The Labute approximate surface area is 166 Å². The predicted octanol–water partition coefficient (Wildman–Crippen LogP) is 0.935. The summed E-state index contributed by atoms with van der Waals surface area (Å²) >= 11 is 16.5. The molecule has 0 bridgehead atoms. The molecule has 1 aliphatic heterocycles. The molecule has 1 saturated heterocycles. The third kappa shape index (κ3) is 3.57. The fourth-order valence-electron chi connectivity index (χ4n) is 2.04. The predicted molar refractivity (Wildman–Crippen MR) is 95.2 cm³/mol. The molecule has 146 valence electrons. The minimum absolute atomic E-state index is 0.0182. The summed E-state index contributed by atoms with van der Waals surface area (Å²) in [5.74, 6) is -3.74. The number of hydrogen-bond donors (Lipinski definition) is 1. The summed E-state index contributed by atoms with van der Waals surface area (Å²) in [6, 6.07) is -1.34. The zero-order valence-electron chi connectivity index (χ0n) is 13.8.